The molecule has 0 saturated carbocycles. The number of thioether (sulfide) groups is 1. The molecule has 0 aliphatic heterocycles. The summed E-state index contributed by atoms with van der Waals surface area (Å²) in [6.07, 6.45) is -0.524. The Balaban J connectivity index is 5.54. The Hall–Kier alpha value is -2.91. The fourth-order valence-electron chi connectivity index (χ4n) is 2.49. The van der Waals surface area contributed by atoms with Gasteiger partial charge in [-0.15, -0.1) is 0 Å². The summed E-state index contributed by atoms with van der Waals surface area (Å²) in [6.45, 7) is 1.27. The van der Waals surface area contributed by atoms with E-state index in [-0.39, 0.29) is 19.3 Å². The molecule has 0 radical (unpaired) electrons. The molecule has 14 nitrogen and oxygen atoms in total. The van der Waals surface area contributed by atoms with Crippen LogP contribution in [0.2, 0.25) is 0 Å². The van der Waals surface area contributed by atoms with Gasteiger partial charge in [0.15, 0.2) is 0 Å². The fraction of sp³-hybridized carbons (Fsp3) is 0.667. The number of nitrogens with one attached hydrogen (secondary N) is 3. The normalized spacial score (nSPS) is 15.3. The van der Waals surface area contributed by atoms with Gasteiger partial charge in [0, 0.05) is 6.42 Å². The Labute approximate surface area is 194 Å². The van der Waals surface area contributed by atoms with Gasteiger partial charge in [-0.3, -0.25) is 24.0 Å². The molecule has 5 atom stereocenters. The molecule has 188 valence electrons. The standard InChI is InChI=1S/C18H32N6O8S/c1-8(25)14(21)17(30)23-9(3-4-12(19)26)15(28)22-10(5-6-33-2)16(29)24-11(18(31)32)7-13(20)27/h8-11,14,25H,3-7,21H2,1-2H3,(H2,19,26)(H2,20,27)(H,22,28)(H,23,30)(H,24,29)(H,31,32). The second-order valence-electron chi connectivity index (χ2n) is 7.25. The van der Waals surface area contributed by atoms with E-state index >= 15 is 0 Å². The lowest BCUT2D eigenvalue weighted by Crippen LogP contribution is -2.58. The monoisotopic (exact) mass is 492 g/mol. The number of hydrogen-bond acceptors (Lipinski definition) is 9. The van der Waals surface area contributed by atoms with Crippen molar-refractivity contribution < 1.29 is 39.0 Å². The summed E-state index contributed by atoms with van der Waals surface area (Å²) in [5.74, 6) is -5.39. The maximum absolute atomic E-state index is 12.8. The van der Waals surface area contributed by atoms with Crippen LogP contribution in [0.1, 0.15) is 32.6 Å². The Morgan fingerprint density at radius 2 is 1.33 bits per heavy atom. The van der Waals surface area contributed by atoms with Gasteiger partial charge in [0.25, 0.3) is 0 Å². The van der Waals surface area contributed by atoms with Gasteiger partial charge >= 0.3 is 5.97 Å². The molecule has 11 N–H and O–H groups in total. The van der Waals surface area contributed by atoms with E-state index in [1.54, 1.807) is 6.26 Å². The molecule has 5 unspecified atom stereocenters. The summed E-state index contributed by atoms with van der Waals surface area (Å²) < 4.78 is 0. The lowest BCUT2D eigenvalue weighted by atomic mass is 10.1. The first kappa shape index (κ1) is 30.1. The first-order valence-electron chi connectivity index (χ1n) is 9.93. The third kappa shape index (κ3) is 12.1. The van der Waals surface area contributed by atoms with Gasteiger partial charge in [-0.25, -0.2) is 4.79 Å². The summed E-state index contributed by atoms with van der Waals surface area (Å²) in [4.78, 5) is 71.1. The van der Waals surface area contributed by atoms with E-state index < -0.39 is 72.2 Å². The van der Waals surface area contributed by atoms with E-state index in [4.69, 9.17) is 17.2 Å². The van der Waals surface area contributed by atoms with Gasteiger partial charge in [-0.1, -0.05) is 0 Å². The Bertz CT molecular complexity index is 735. The molecular formula is C18H32N6O8S. The van der Waals surface area contributed by atoms with Crippen molar-refractivity contribution in [3.8, 4) is 0 Å². The Kier molecular flexibility index (Phi) is 13.7. The van der Waals surface area contributed by atoms with E-state index in [9.17, 15) is 39.0 Å². The molecule has 33 heavy (non-hydrogen) atoms. The number of primary amides is 2. The molecule has 0 saturated heterocycles. The van der Waals surface area contributed by atoms with Crippen molar-refractivity contribution in [3.63, 3.8) is 0 Å². The SMILES string of the molecule is CSCCC(NC(=O)C(CCC(N)=O)NC(=O)C(N)C(C)O)C(=O)NC(CC(N)=O)C(=O)O. The highest BCUT2D eigenvalue weighted by molar-refractivity contribution is 7.98. The average Bonchev–Trinajstić information content (AvgIpc) is 2.71. The van der Waals surface area contributed by atoms with Crippen molar-refractivity contribution in [3.05, 3.63) is 0 Å². The van der Waals surface area contributed by atoms with Crippen molar-refractivity contribution in [1.82, 2.24) is 16.0 Å². The van der Waals surface area contributed by atoms with Crippen molar-refractivity contribution in [1.29, 1.82) is 0 Å². The minimum Gasteiger partial charge on any atom is -0.480 e. The number of carboxylic acid groups (broad SMARTS) is 1. The number of aliphatic hydroxyl groups is 1. The van der Waals surface area contributed by atoms with Gasteiger partial charge in [-0.05, 0) is 31.8 Å². The molecule has 0 aromatic rings. The van der Waals surface area contributed by atoms with Gasteiger partial charge in [-0.2, -0.15) is 11.8 Å². The van der Waals surface area contributed by atoms with E-state index in [1.807, 2.05) is 0 Å². The zero-order valence-electron chi connectivity index (χ0n) is 18.4. The van der Waals surface area contributed by atoms with Crippen molar-refractivity contribution in [2.75, 3.05) is 12.0 Å². The van der Waals surface area contributed by atoms with E-state index in [0.29, 0.717) is 5.75 Å². The summed E-state index contributed by atoms with van der Waals surface area (Å²) in [5.41, 5.74) is 15.7. The van der Waals surface area contributed by atoms with Gasteiger partial charge in [0.2, 0.25) is 29.5 Å². The maximum Gasteiger partial charge on any atom is 0.326 e. The first-order valence-corrected chi connectivity index (χ1v) is 11.3. The van der Waals surface area contributed by atoms with Gasteiger partial charge in [0.1, 0.15) is 24.2 Å². The second kappa shape index (κ2) is 15.0. The second-order valence-corrected chi connectivity index (χ2v) is 8.23. The molecule has 0 bridgehead atoms. The van der Waals surface area contributed by atoms with E-state index in [2.05, 4.69) is 16.0 Å². The van der Waals surface area contributed by atoms with Crippen LogP contribution in [0.3, 0.4) is 0 Å². The Morgan fingerprint density at radius 3 is 1.76 bits per heavy atom. The van der Waals surface area contributed by atoms with Gasteiger partial charge in [0.05, 0.1) is 12.5 Å². The number of rotatable bonds is 16. The summed E-state index contributed by atoms with van der Waals surface area (Å²) in [5, 5.41) is 25.5. The predicted molar refractivity (Wildman–Crippen MR) is 118 cm³/mol. The number of aliphatic carboxylic acids is 1. The van der Waals surface area contributed by atoms with Crippen LogP contribution in [0.5, 0.6) is 0 Å². The van der Waals surface area contributed by atoms with Crippen molar-refractivity contribution in [2.45, 2.75) is 62.9 Å². The molecule has 0 fully saturated rings. The molecule has 0 heterocycles. The van der Waals surface area contributed by atoms with Crippen LogP contribution in [0, 0.1) is 0 Å². The van der Waals surface area contributed by atoms with E-state index in [0.717, 1.165) is 0 Å². The maximum atomic E-state index is 12.8. The molecular weight excluding hydrogens is 460 g/mol. The minimum atomic E-state index is -1.60. The number of hydrogen-bond donors (Lipinski definition) is 8. The summed E-state index contributed by atoms with van der Waals surface area (Å²) in [6, 6.07) is -5.49. The van der Waals surface area contributed by atoms with Gasteiger partial charge < -0.3 is 43.4 Å². The predicted octanol–water partition coefficient (Wildman–Crippen LogP) is -3.87. The van der Waals surface area contributed by atoms with Crippen LogP contribution in [0.15, 0.2) is 0 Å². The number of carbonyl (C=O) groups excluding carboxylic acids is 5. The highest BCUT2D eigenvalue weighted by Gasteiger charge is 2.31. The number of carboxylic acids is 1. The number of amides is 5. The number of nitrogens with two attached hydrogens (primary N) is 3. The zero-order valence-corrected chi connectivity index (χ0v) is 19.2. The lowest BCUT2D eigenvalue weighted by molar-refractivity contribution is -0.143. The third-order valence-corrected chi connectivity index (χ3v) is 5.04. The molecule has 15 heteroatoms. The minimum absolute atomic E-state index is 0.0886. The topological polar surface area (TPSA) is 257 Å². The van der Waals surface area contributed by atoms with Crippen LogP contribution >= 0.6 is 11.8 Å². The first-order chi connectivity index (χ1) is 15.3. The highest BCUT2D eigenvalue weighted by atomic mass is 32.2. The van der Waals surface area contributed by atoms with Crippen LogP contribution in [0.4, 0.5) is 0 Å². The molecule has 0 spiro atoms. The number of carbonyl (C=O) groups is 6. The number of aliphatic hydroxyl groups excluding tert-OH is 1. The smallest absolute Gasteiger partial charge is 0.326 e. The molecule has 0 aromatic heterocycles. The van der Waals surface area contributed by atoms with E-state index in [1.165, 1.54) is 18.7 Å². The molecule has 0 rings (SSSR count). The van der Waals surface area contributed by atoms with Crippen LogP contribution < -0.4 is 33.2 Å². The summed E-state index contributed by atoms with van der Waals surface area (Å²) >= 11 is 1.35. The third-order valence-electron chi connectivity index (χ3n) is 4.40. The average molecular weight is 493 g/mol. The highest BCUT2D eigenvalue weighted by Crippen LogP contribution is 2.06. The largest absolute Gasteiger partial charge is 0.480 e. The van der Waals surface area contributed by atoms with Crippen LogP contribution in [-0.2, 0) is 28.8 Å². The molecule has 0 aliphatic carbocycles. The summed E-state index contributed by atoms with van der Waals surface area (Å²) in [7, 11) is 0. The lowest BCUT2D eigenvalue weighted by Gasteiger charge is -2.25. The van der Waals surface area contributed by atoms with Crippen molar-refractivity contribution >= 4 is 47.3 Å². The van der Waals surface area contributed by atoms with Crippen LogP contribution in [-0.4, -0.2) is 88.0 Å². The quantitative estimate of drug-likeness (QED) is 0.104. The fourth-order valence-corrected chi connectivity index (χ4v) is 2.96. The van der Waals surface area contributed by atoms with Crippen LogP contribution in [0.25, 0.3) is 0 Å². The zero-order chi connectivity index (χ0) is 25.7. The molecule has 5 amide bonds. The molecule has 0 aliphatic rings. The van der Waals surface area contributed by atoms with Crippen molar-refractivity contribution in [2.24, 2.45) is 17.2 Å². The Morgan fingerprint density at radius 1 is 0.848 bits per heavy atom. The molecule has 0 aromatic carbocycles.